The summed E-state index contributed by atoms with van der Waals surface area (Å²) < 4.78 is 25.9. The van der Waals surface area contributed by atoms with E-state index in [0.717, 1.165) is 11.1 Å². The SMILES string of the molecule is COc1ccccc1OCc1cccc(C(=O)Nc2ccn(Cc3ccc(F)cc3)n2)c1. The molecule has 1 heterocycles. The minimum absolute atomic E-state index is 0.267. The third-order valence-corrected chi connectivity index (χ3v) is 4.79. The first-order chi connectivity index (χ1) is 15.6. The highest BCUT2D eigenvalue weighted by atomic mass is 19.1. The van der Waals surface area contributed by atoms with Crippen molar-refractivity contribution in [3.05, 3.63) is 108 Å². The quantitative estimate of drug-likeness (QED) is 0.431. The van der Waals surface area contributed by atoms with Crippen LogP contribution < -0.4 is 14.8 Å². The van der Waals surface area contributed by atoms with Gasteiger partial charge in [-0.3, -0.25) is 9.48 Å². The molecule has 6 nitrogen and oxygen atoms in total. The predicted molar refractivity (Wildman–Crippen MR) is 119 cm³/mol. The lowest BCUT2D eigenvalue weighted by atomic mass is 10.1. The Kier molecular flexibility index (Phi) is 6.46. The van der Waals surface area contributed by atoms with E-state index in [1.807, 2.05) is 36.4 Å². The Morgan fingerprint density at radius 1 is 0.969 bits per heavy atom. The molecule has 7 heteroatoms. The third-order valence-electron chi connectivity index (χ3n) is 4.79. The van der Waals surface area contributed by atoms with Gasteiger partial charge in [-0.1, -0.05) is 36.4 Å². The minimum atomic E-state index is -0.280. The summed E-state index contributed by atoms with van der Waals surface area (Å²) in [6, 6.07) is 22.6. The van der Waals surface area contributed by atoms with Crippen LogP contribution in [0.3, 0.4) is 0 Å². The first-order valence-corrected chi connectivity index (χ1v) is 10.0. The molecule has 0 atom stereocenters. The molecule has 0 aliphatic rings. The van der Waals surface area contributed by atoms with Crippen LogP contribution in [0.4, 0.5) is 10.2 Å². The van der Waals surface area contributed by atoms with Crippen molar-refractivity contribution in [2.24, 2.45) is 0 Å². The monoisotopic (exact) mass is 431 g/mol. The van der Waals surface area contributed by atoms with Gasteiger partial charge < -0.3 is 14.8 Å². The molecule has 0 saturated heterocycles. The van der Waals surface area contributed by atoms with Crippen molar-refractivity contribution in [2.45, 2.75) is 13.2 Å². The lowest BCUT2D eigenvalue weighted by Crippen LogP contribution is -2.13. The first-order valence-electron chi connectivity index (χ1n) is 10.0. The highest BCUT2D eigenvalue weighted by molar-refractivity contribution is 6.03. The number of halogens is 1. The number of nitrogens with zero attached hydrogens (tertiary/aromatic N) is 2. The second-order valence-corrected chi connectivity index (χ2v) is 7.12. The summed E-state index contributed by atoms with van der Waals surface area (Å²) >= 11 is 0. The van der Waals surface area contributed by atoms with E-state index in [2.05, 4.69) is 10.4 Å². The lowest BCUT2D eigenvalue weighted by molar-refractivity contribution is 0.102. The van der Waals surface area contributed by atoms with Gasteiger partial charge in [0.2, 0.25) is 0 Å². The van der Waals surface area contributed by atoms with E-state index in [-0.39, 0.29) is 11.7 Å². The Balaban J connectivity index is 1.37. The number of nitrogens with one attached hydrogen (secondary N) is 1. The smallest absolute Gasteiger partial charge is 0.256 e. The number of anilines is 1. The molecule has 0 bridgehead atoms. The van der Waals surface area contributed by atoms with Gasteiger partial charge in [0.25, 0.3) is 5.91 Å². The van der Waals surface area contributed by atoms with E-state index < -0.39 is 0 Å². The van der Waals surface area contributed by atoms with Crippen LogP contribution in [0, 0.1) is 5.82 Å². The molecule has 0 spiro atoms. The second-order valence-electron chi connectivity index (χ2n) is 7.12. The van der Waals surface area contributed by atoms with Crippen LogP contribution in [0.1, 0.15) is 21.5 Å². The fourth-order valence-corrected chi connectivity index (χ4v) is 3.18. The number of methoxy groups -OCH3 is 1. The predicted octanol–water partition coefficient (Wildman–Crippen LogP) is 4.91. The number of para-hydroxylation sites is 2. The van der Waals surface area contributed by atoms with Crippen LogP contribution in [0.25, 0.3) is 0 Å². The number of carbonyl (C=O) groups excluding carboxylic acids is 1. The summed E-state index contributed by atoms with van der Waals surface area (Å²) in [6.07, 6.45) is 1.76. The molecule has 1 N–H and O–H groups in total. The highest BCUT2D eigenvalue weighted by Gasteiger charge is 2.10. The van der Waals surface area contributed by atoms with Gasteiger partial charge in [0.1, 0.15) is 12.4 Å². The van der Waals surface area contributed by atoms with E-state index in [9.17, 15) is 9.18 Å². The van der Waals surface area contributed by atoms with Crippen LogP contribution in [0.15, 0.2) is 85.1 Å². The Bertz CT molecular complexity index is 1210. The summed E-state index contributed by atoms with van der Waals surface area (Å²) in [4.78, 5) is 12.7. The maximum atomic E-state index is 13.0. The zero-order valence-electron chi connectivity index (χ0n) is 17.5. The maximum absolute atomic E-state index is 13.0. The van der Waals surface area contributed by atoms with Gasteiger partial charge >= 0.3 is 0 Å². The van der Waals surface area contributed by atoms with Crippen molar-refractivity contribution >= 4 is 11.7 Å². The zero-order chi connectivity index (χ0) is 22.3. The standard InChI is InChI=1S/C25H22FN3O3/c1-31-22-7-2-3-8-23(22)32-17-19-5-4-6-20(15-19)25(30)27-24-13-14-29(28-24)16-18-9-11-21(26)12-10-18/h2-15H,16-17H2,1H3,(H,27,28,30). The molecule has 0 aliphatic heterocycles. The van der Waals surface area contributed by atoms with E-state index in [1.54, 1.807) is 48.3 Å². The van der Waals surface area contributed by atoms with Crippen LogP contribution in [0.2, 0.25) is 0 Å². The van der Waals surface area contributed by atoms with Gasteiger partial charge in [0.15, 0.2) is 17.3 Å². The Labute approximate surface area is 185 Å². The fraction of sp³-hybridized carbons (Fsp3) is 0.120. The molecular formula is C25H22FN3O3. The molecule has 0 aliphatic carbocycles. The first kappa shape index (κ1) is 21.1. The fourth-order valence-electron chi connectivity index (χ4n) is 3.18. The van der Waals surface area contributed by atoms with Crippen molar-refractivity contribution in [3.63, 3.8) is 0 Å². The lowest BCUT2D eigenvalue weighted by Gasteiger charge is -2.11. The molecule has 1 amide bonds. The van der Waals surface area contributed by atoms with Crippen molar-refractivity contribution in [3.8, 4) is 11.5 Å². The topological polar surface area (TPSA) is 65.4 Å². The van der Waals surface area contributed by atoms with Crippen molar-refractivity contribution in [1.29, 1.82) is 0 Å². The number of benzene rings is 3. The number of amides is 1. The van der Waals surface area contributed by atoms with Crippen molar-refractivity contribution in [1.82, 2.24) is 9.78 Å². The normalized spacial score (nSPS) is 10.6. The second kappa shape index (κ2) is 9.78. The van der Waals surface area contributed by atoms with Gasteiger partial charge in [0, 0.05) is 17.8 Å². The molecule has 4 rings (SSSR count). The van der Waals surface area contributed by atoms with E-state index in [0.29, 0.717) is 36.0 Å². The molecule has 1 aromatic heterocycles. The molecule has 3 aromatic carbocycles. The van der Waals surface area contributed by atoms with Crippen LogP contribution in [0.5, 0.6) is 11.5 Å². The molecule has 0 fully saturated rings. The number of carbonyl (C=O) groups is 1. The average Bonchev–Trinajstić information content (AvgIpc) is 3.26. The summed E-state index contributed by atoms with van der Waals surface area (Å²) in [5.41, 5.74) is 2.26. The molecule has 32 heavy (non-hydrogen) atoms. The zero-order valence-corrected chi connectivity index (χ0v) is 17.5. The maximum Gasteiger partial charge on any atom is 0.256 e. The summed E-state index contributed by atoms with van der Waals surface area (Å²) in [5.74, 6) is 1.18. The van der Waals surface area contributed by atoms with Crippen LogP contribution in [-0.4, -0.2) is 22.8 Å². The molecule has 162 valence electrons. The molecule has 0 unspecified atom stereocenters. The molecule has 0 saturated carbocycles. The average molecular weight is 431 g/mol. The Morgan fingerprint density at radius 3 is 2.53 bits per heavy atom. The van der Waals surface area contributed by atoms with E-state index in [1.165, 1.54) is 12.1 Å². The molecule has 4 aromatic rings. The highest BCUT2D eigenvalue weighted by Crippen LogP contribution is 2.26. The molecular weight excluding hydrogens is 409 g/mol. The number of hydrogen-bond donors (Lipinski definition) is 1. The van der Waals surface area contributed by atoms with Gasteiger partial charge in [-0.15, -0.1) is 0 Å². The number of rotatable bonds is 8. The van der Waals surface area contributed by atoms with Crippen molar-refractivity contribution in [2.75, 3.05) is 12.4 Å². The Hall–Kier alpha value is -4.13. The van der Waals surface area contributed by atoms with Crippen LogP contribution >= 0.6 is 0 Å². The van der Waals surface area contributed by atoms with Gasteiger partial charge in [-0.25, -0.2) is 4.39 Å². The summed E-state index contributed by atoms with van der Waals surface area (Å²) in [6.45, 7) is 0.777. The van der Waals surface area contributed by atoms with Crippen LogP contribution in [-0.2, 0) is 13.2 Å². The largest absolute Gasteiger partial charge is 0.493 e. The van der Waals surface area contributed by atoms with E-state index >= 15 is 0 Å². The van der Waals surface area contributed by atoms with Gasteiger partial charge in [-0.05, 0) is 47.5 Å². The third kappa shape index (κ3) is 5.31. The number of aromatic nitrogens is 2. The minimum Gasteiger partial charge on any atom is -0.493 e. The summed E-state index contributed by atoms with van der Waals surface area (Å²) in [7, 11) is 1.59. The number of hydrogen-bond acceptors (Lipinski definition) is 4. The number of ether oxygens (including phenoxy) is 2. The van der Waals surface area contributed by atoms with Gasteiger partial charge in [-0.2, -0.15) is 5.10 Å². The van der Waals surface area contributed by atoms with E-state index in [4.69, 9.17) is 9.47 Å². The Morgan fingerprint density at radius 2 is 1.75 bits per heavy atom. The van der Waals surface area contributed by atoms with Gasteiger partial charge in [0.05, 0.1) is 13.7 Å². The summed E-state index contributed by atoms with van der Waals surface area (Å²) in [5, 5.41) is 7.16. The molecule has 0 radical (unpaired) electrons. The van der Waals surface area contributed by atoms with Crippen molar-refractivity contribution < 1.29 is 18.7 Å².